The Bertz CT molecular complexity index is 432. The molecular weight excluding hydrogens is 286 g/mol. The minimum atomic E-state index is 0.237. The maximum Gasteiger partial charge on any atom is 0.228 e. The van der Waals surface area contributed by atoms with Crippen molar-refractivity contribution in [3.63, 3.8) is 0 Å². The van der Waals surface area contributed by atoms with E-state index in [0.29, 0.717) is 11.9 Å². The van der Waals surface area contributed by atoms with E-state index in [2.05, 4.69) is 39.4 Å². The molecule has 0 bridgehead atoms. The fourth-order valence-corrected chi connectivity index (χ4v) is 2.98. The van der Waals surface area contributed by atoms with E-state index in [1.54, 1.807) is 0 Å². The standard InChI is InChI=1S/C15H26ClN5/c1-3-9-17-14-19-13(16)20-15(21-14)18-10-12-7-5-11(4-2)6-8-12/h11-12H,3-10H2,1-2H3,(H2,17,18,19,20,21). The summed E-state index contributed by atoms with van der Waals surface area (Å²) in [6, 6.07) is 0. The van der Waals surface area contributed by atoms with Crippen molar-refractivity contribution in [3.05, 3.63) is 5.28 Å². The Morgan fingerprint density at radius 2 is 1.57 bits per heavy atom. The van der Waals surface area contributed by atoms with Crippen molar-refractivity contribution in [2.45, 2.75) is 52.4 Å². The van der Waals surface area contributed by atoms with E-state index in [1.165, 1.54) is 32.1 Å². The quantitative estimate of drug-likeness (QED) is 0.797. The van der Waals surface area contributed by atoms with Gasteiger partial charge in [-0.05, 0) is 42.7 Å². The molecule has 0 unspecified atom stereocenters. The summed E-state index contributed by atoms with van der Waals surface area (Å²) in [7, 11) is 0. The molecule has 0 spiro atoms. The molecule has 2 N–H and O–H groups in total. The van der Waals surface area contributed by atoms with Gasteiger partial charge in [-0.15, -0.1) is 0 Å². The first-order valence-electron chi connectivity index (χ1n) is 8.10. The smallest absolute Gasteiger partial charge is 0.228 e. The molecule has 0 radical (unpaired) electrons. The van der Waals surface area contributed by atoms with Crippen LogP contribution in [-0.4, -0.2) is 28.0 Å². The third-order valence-corrected chi connectivity index (χ3v) is 4.40. The summed E-state index contributed by atoms with van der Waals surface area (Å²) in [5, 5.41) is 6.70. The third-order valence-electron chi connectivity index (χ3n) is 4.23. The molecule has 0 aromatic carbocycles. The summed E-state index contributed by atoms with van der Waals surface area (Å²) in [6.07, 6.45) is 7.63. The Balaban J connectivity index is 1.84. The van der Waals surface area contributed by atoms with Crippen LogP contribution in [0.4, 0.5) is 11.9 Å². The molecule has 1 aliphatic rings. The molecule has 118 valence electrons. The average molecular weight is 312 g/mol. The maximum absolute atomic E-state index is 5.95. The number of aromatic nitrogens is 3. The molecule has 1 saturated carbocycles. The molecule has 1 fully saturated rings. The number of halogens is 1. The average Bonchev–Trinajstić information content (AvgIpc) is 2.51. The summed E-state index contributed by atoms with van der Waals surface area (Å²) in [6.45, 7) is 6.15. The Morgan fingerprint density at radius 3 is 2.19 bits per heavy atom. The molecule has 21 heavy (non-hydrogen) atoms. The first kappa shape index (κ1) is 16.3. The van der Waals surface area contributed by atoms with Crippen molar-refractivity contribution < 1.29 is 0 Å². The minimum Gasteiger partial charge on any atom is -0.354 e. The van der Waals surface area contributed by atoms with Crippen molar-refractivity contribution in [2.75, 3.05) is 23.7 Å². The zero-order valence-electron chi connectivity index (χ0n) is 13.0. The Morgan fingerprint density at radius 1 is 0.952 bits per heavy atom. The van der Waals surface area contributed by atoms with E-state index in [1.807, 2.05) is 0 Å². The van der Waals surface area contributed by atoms with Crippen LogP contribution in [0.15, 0.2) is 0 Å². The molecule has 1 aliphatic carbocycles. The van der Waals surface area contributed by atoms with Gasteiger partial charge >= 0.3 is 0 Å². The van der Waals surface area contributed by atoms with Crippen LogP contribution in [0.25, 0.3) is 0 Å². The van der Waals surface area contributed by atoms with Crippen molar-refractivity contribution >= 4 is 23.5 Å². The maximum atomic E-state index is 5.95. The summed E-state index contributed by atoms with van der Waals surface area (Å²) in [5.74, 6) is 2.77. The van der Waals surface area contributed by atoms with Crippen molar-refractivity contribution in [2.24, 2.45) is 11.8 Å². The Labute approximate surface area is 132 Å². The molecule has 0 aliphatic heterocycles. The second-order valence-electron chi connectivity index (χ2n) is 5.85. The zero-order chi connectivity index (χ0) is 15.1. The van der Waals surface area contributed by atoms with Gasteiger partial charge < -0.3 is 10.6 Å². The van der Waals surface area contributed by atoms with Gasteiger partial charge in [0.2, 0.25) is 17.2 Å². The van der Waals surface area contributed by atoms with Crippen LogP contribution >= 0.6 is 11.6 Å². The highest BCUT2D eigenvalue weighted by molar-refractivity contribution is 6.28. The molecule has 0 atom stereocenters. The lowest BCUT2D eigenvalue weighted by Crippen LogP contribution is -2.22. The summed E-state index contributed by atoms with van der Waals surface area (Å²) in [5.41, 5.74) is 0. The largest absolute Gasteiger partial charge is 0.354 e. The molecule has 1 aromatic rings. The molecule has 6 heteroatoms. The summed E-state index contributed by atoms with van der Waals surface area (Å²) in [4.78, 5) is 12.6. The van der Waals surface area contributed by atoms with Crippen LogP contribution in [-0.2, 0) is 0 Å². The first-order valence-corrected chi connectivity index (χ1v) is 8.48. The number of nitrogens with zero attached hydrogens (tertiary/aromatic N) is 3. The number of hydrogen-bond donors (Lipinski definition) is 2. The highest BCUT2D eigenvalue weighted by atomic mass is 35.5. The molecule has 1 aromatic heterocycles. The third kappa shape index (κ3) is 5.30. The van der Waals surface area contributed by atoms with Crippen LogP contribution < -0.4 is 10.6 Å². The van der Waals surface area contributed by atoms with Crippen LogP contribution in [0, 0.1) is 11.8 Å². The molecule has 1 heterocycles. The monoisotopic (exact) mass is 311 g/mol. The predicted molar refractivity (Wildman–Crippen MR) is 87.8 cm³/mol. The highest BCUT2D eigenvalue weighted by Gasteiger charge is 2.20. The SMILES string of the molecule is CCCNc1nc(Cl)nc(NCC2CCC(CC)CC2)n1. The first-order chi connectivity index (χ1) is 10.2. The van der Waals surface area contributed by atoms with Gasteiger partial charge in [0.1, 0.15) is 0 Å². The number of hydrogen-bond acceptors (Lipinski definition) is 5. The molecule has 2 rings (SSSR count). The van der Waals surface area contributed by atoms with Gasteiger partial charge in [-0.1, -0.05) is 33.1 Å². The fourth-order valence-electron chi connectivity index (χ4n) is 2.82. The zero-order valence-corrected chi connectivity index (χ0v) is 13.8. The highest BCUT2D eigenvalue weighted by Crippen LogP contribution is 2.30. The predicted octanol–water partition coefficient (Wildman–Crippen LogP) is 3.98. The topological polar surface area (TPSA) is 62.7 Å². The van der Waals surface area contributed by atoms with E-state index < -0.39 is 0 Å². The van der Waals surface area contributed by atoms with E-state index in [4.69, 9.17) is 11.6 Å². The van der Waals surface area contributed by atoms with Gasteiger partial charge in [0.25, 0.3) is 0 Å². The van der Waals surface area contributed by atoms with E-state index in [9.17, 15) is 0 Å². The second kappa shape index (κ2) is 8.37. The van der Waals surface area contributed by atoms with E-state index in [0.717, 1.165) is 31.3 Å². The van der Waals surface area contributed by atoms with Crippen LogP contribution in [0.3, 0.4) is 0 Å². The Hall–Kier alpha value is -1.10. The van der Waals surface area contributed by atoms with Crippen molar-refractivity contribution in [1.29, 1.82) is 0 Å². The van der Waals surface area contributed by atoms with Crippen molar-refractivity contribution in [1.82, 2.24) is 15.0 Å². The number of nitrogens with one attached hydrogen (secondary N) is 2. The van der Waals surface area contributed by atoms with Crippen LogP contribution in [0.2, 0.25) is 5.28 Å². The molecule has 5 nitrogen and oxygen atoms in total. The molecular formula is C15H26ClN5. The van der Waals surface area contributed by atoms with Crippen LogP contribution in [0.5, 0.6) is 0 Å². The second-order valence-corrected chi connectivity index (χ2v) is 6.19. The van der Waals surface area contributed by atoms with E-state index >= 15 is 0 Å². The van der Waals surface area contributed by atoms with Gasteiger partial charge in [0.05, 0.1) is 0 Å². The number of anilines is 2. The van der Waals surface area contributed by atoms with Gasteiger partial charge in [-0.2, -0.15) is 15.0 Å². The fraction of sp³-hybridized carbons (Fsp3) is 0.800. The van der Waals surface area contributed by atoms with Gasteiger partial charge in [0, 0.05) is 13.1 Å². The summed E-state index contributed by atoms with van der Waals surface area (Å²) >= 11 is 5.95. The number of rotatable bonds is 7. The summed E-state index contributed by atoms with van der Waals surface area (Å²) < 4.78 is 0. The lowest BCUT2D eigenvalue weighted by atomic mass is 9.81. The van der Waals surface area contributed by atoms with E-state index in [-0.39, 0.29) is 5.28 Å². The van der Waals surface area contributed by atoms with Gasteiger partial charge in [-0.3, -0.25) is 0 Å². The lowest BCUT2D eigenvalue weighted by molar-refractivity contribution is 0.278. The molecule has 0 saturated heterocycles. The Kier molecular flexibility index (Phi) is 6.49. The molecule has 0 amide bonds. The van der Waals surface area contributed by atoms with Gasteiger partial charge in [-0.25, -0.2) is 0 Å². The van der Waals surface area contributed by atoms with Gasteiger partial charge in [0.15, 0.2) is 0 Å². The minimum absolute atomic E-state index is 0.237. The van der Waals surface area contributed by atoms with Crippen molar-refractivity contribution in [3.8, 4) is 0 Å². The lowest BCUT2D eigenvalue weighted by Gasteiger charge is -2.27. The van der Waals surface area contributed by atoms with Crippen LogP contribution in [0.1, 0.15) is 52.4 Å². The normalized spacial score (nSPS) is 22.0.